The van der Waals surface area contributed by atoms with Crippen molar-refractivity contribution in [1.82, 2.24) is 35.1 Å². The van der Waals surface area contributed by atoms with Crippen LogP contribution in [0.2, 0.25) is 0 Å². The maximum Gasteiger partial charge on any atom is 0.293 e. The number of fused-ring (bicyclic) bond motifs is 1. The number of aromatic nitrogens is 2. The Morgan fingerprint density at radius 2 is 1.83 bits per heavy atom. The van der Waals surface area contributed by atoms with Crippen molar-refractivity contribution in [2.24, 2.45) is 17.3 Å². The summed E-state index contributed by atoms with van der Waals surface area (Å²) >= 11 is 0. The second kappa shape index (κ2) is 20.6. The van der Waals surface area contributed by atoms with E-state index in [9.17, 15) is 19.2 Å². The lowest BCUT2D eigenvalue weighted by atomic mass is 9.84. The molecule has 5 atom stereocenters. The van der Waals surface area contributed by atoms with E-state index in [2.05, 4.69) is 84.3 Å². The minimum Gasteiger partial charge on any atom is -0.467 e. The lowest BCUT2D eigenvalue weighted by molar-refractivity contribution is -0.145. The normalized spacial score (nSPS) is 18.6. The molecule has 13 nitrogen and oxygen atoms in total. The molecule has 2 aromatic carbocycles. The highest BCUT2D eigenvalue weighted by atomic mass is 16.5. The van der Waals surface area contributed by atoms with Crippen LogP contribution < -0.4 is 10.7 Å². The molecule has 2 fully saturated rings. The summed E-state index contributed by atoms with van der Waals surface area (Å²) in [6.07, 6.45) is 5.03. The van der Waals surface area contributed by atoms with E-state index in [1.807, 2.05) is 46.0 Å². The number of amides is 3. The third-order valence-corrected chi connectivity index (χ3v) is 13.1. The topological polar surface area (TPSA) is 138 Å². The van der Waals surface area contributed by atoms with Gasteiger partial charge in [-0.3, -0.25) is 29.2 Å². The Hall–Kier alpha value is -5.11. The third kappa shape index (κ3) is 10.6. The number of nitrogens with one attached hydrogen (secondary N) is 2. The van der Waals surface area contributed by atoms with E-state index >= 15 is 0 Å². The van der Waals surface area contributed by atoms with E-state index in [1.165, 1.54) is 0 Å². The highest BCUT2D eigenvalue weighted by Crippen LogP contribution is 2.42. The molecule has 13 heteroatoms. The molecule has 63 heavy (non-hydrogen) atoms. The zero-order valence-corrected chi connectivity index (χ0v) is 39.1. The van der Waals surface area contributed by atoms with Crippen molar-refractivity contribution < 1.29 is 28.7 Å². The predicted molar refractivity (Wildman–Crippen MR) is 247 cm³/mol. The Balaban J connectivity index is 1.37. The van der Waals surface area contributed by atoms with Gasteiger partial charge in [0.05, 0.1) is 30.0 Å². The first kappa shape index (κ1) is 47.4. The summed E-state index contributed by atoms with van der Waals surface area (Å²) in [5.74, 6) is -0.937. The van der Waals surface area contributed by atoms with E-state index in [4.69, 9.17) is 14.5 Å². The monoisotopic (exact) mass is 864 g/mol. The zero-order chi connectivity index (χ0) is 45.6. The van der Waals surface area contributed by atoms with Gasteiger partial charge in [-0.2, -0.15) is 0 Å². The molecular formula is C50H69N7O6. The molecule has 0 bridgehead atoms. The van der Waals surface area contributed by atoms with E-state index in [0.29, 0.717) is 45.1 Å². The minimum absolute atomic E-state index is 0.0434. The Morgan fingerprint density at radius 1 is 1.06 bits per heavy atom. The van der Waals surface area contributed by atoms with E-state index in [0.717, 1.165) is 69.4 Å². The molecule has 0 spiro atoms. The van der Waals surface area contributed by atoms with Crippen LogP contribution in [-0.4, -0.2) is 114 Å². The second-order valence-corrected chi connectivity index (χ2v) is 18.8. The van der Waals surface area contributed by atoms with Crippen LogP contribution in [0.5, 0.6) is 0 Å². The minimum atomic E-state index is -0.866. The predicted octanol–water partition coefficient (Wildman–Crippen LogP) is 6.82. The van der Waals surface area contributed by atoms with Crippen molar-refractivity contribution in [3.05, 3.63) is 77.6 Å². The van der Waals surface area contributed by atoms with Gasteiger partial charge in [0.25, 0.3) is 12.4 Å². The summed E-state index contributed by atoms with van der Waals surface area (Å²) in [7, 11) is 5.44. The molecule has 2 N–H and O–H groups in total. The average molecular weight is 864 g/mol. The molecular weight excluding hydrogens is 795 g/mol. The number of nitrogens with zero attached hydrogens (tertiary/aromatic N) is 5. The molecule has 0 radical (unpaired) electrons. The Bertz CT molecular complexity index is 2240. The number of aryl methyl sites for hydroxylation is 1. The van der Waals surface area contributed by atoms with Gasteiger partial charge in [0.2, 0.25) is 11.8 Å². The molecule has 2 aromatic heterocycles. The molecule has 4 aromatic rings. The number of carbonyl (C=O) groups excluding carboxylic acids is 4. The Morgan fingerprint density at radius 3 is 2.48 bits per heavy atom. The average Bonchev–Trinajstić information content (AvgIpc) is 3.78. The lowest BCUT2D eigenvalue weighted by Crippen LogP contribution is -2.59. The maximum atomic E-state index is 14.4. The molecule has 3 amide bonds. The van der Waals surface area contributed by atoms with Gasteiger partial charge in [0.1, 0.15) is 12.1 Å². The van der Waals surface area contributed by atoms with Gasteiger partial charge in [-0.25, -0.2) is 5.43 Å². The van der Waals surface area contributed by atoms with Crippen molar-refractivity contribution in [2.45, 2.75) is 111 Å². The fraction of sp³-hybridized carbons (Fsp3) is 0.540. The zero-order valence-electron chi connectivity index (χ0n) is 39.1. The van der Waals surface area contributed by atoms with Crippen LogP contribution in [0.15, 0.2) is 60.8 Å². The van der Waals surface area contributed by atoms with Crippen LogP contribution in [0, 0.1) is 17.3 Å². The lowest BCUT2D eigenvalue weighted by Gasteiger charge is -2.35. The number of methoxy groups -OCH3 is 1. The van der Waals surface area contributed by atoms with Crippen LogP contribution in [0.1, 0.15) is 90.7 Å². The number of likely N-dealkylation sites (tertiary alicyclic amines) is 1. The van der Waals surface area contributed by atoms with Crippen molar-refractivity contribution in [3.63, 3.8) is 0 Å². The fourth-order valence-electron chi connectivity index (χ4n) is 9.62. The van der Waals surface area contributed by atoms with Crippen LogP contribution in [-0.2, 0) is 48.0 Å². The Kier molecular flexibility index (Phi) is 15.5. The maximum absolute atomic E-state index is 14.4. The summed E-state index contributed by atoms with van der Waals surface area (Å²) in [5, 5.41) is 5.87. The van der Waals surface area contributed by atoms with Gasteiger partial charge in [-0.1, -0.05) is 58.0 Å². The second-order valence-electron chi connectivity index (χ2n) is 18.8. The third-order valence-electron chi connectivity index (χ3n) is 13.1. The number of hydrogen-bond donors (Lipinski definition) is 2. The number of hydrogen-bond acceptors (Lipinski definition) is 9. The first-order valence-corrected chi connectivity index (χ1v) is 22.7. The summed E-state index contributed by atoms with van der Waals surface area (Å²) in [6.45, 7) is 17.7. The van der Waals surface area contributed by atoms with Crippen LogP contribution >= 0.6 is 0 Å². The molecule has 6 rings (SSSR count). The number of pyridine rings is 1. The smallest absolute Gasteiger partial charge is 0.293 e. The molecule has 0 aliphatic carbocycles. The number of rotatable bonds is 18. The van der Waals surface area contributed by atoms with Crippen molar-refractivity contribution in [3.8, 4) is 22.4 Å². The van der Waals surface area contributed by atoms with Gasteiger partial charge in [0.15, 0.2) is 0 Å². The van der Waals surface area contributed by atoms with Gasteiger partial charge < -0.3 is 29.2 Å². The largest absolute Gasteiger partial charge is 0.467 e. The van der Waals surface area contributed by atoms with E-state index < -0.39 is 12.1 Å². The molecule has 2 saturated heterocycles. The van der Waals surface area contributed by atoms with E-state index in [1.54, 1.807) is 30.3 Å². The molecule has 2 aliphatic heterocycles. The molecule has 2 aliphatic rings. The SMILES string of the molecule is CCn1c(-c2cccnc2C(C)OC)c(CC(C)(C)COC=O)c2cc(-c3cccc(CC(NC(=O)C(C(C)C)N(C)C(=O)C4CC(C)N(C)C4)C(=O)N4CCCCN4)c3)ccc21. The van der Waals surface area contributed by atoms with Crippen molar-refractivity contribution in [1.29, 1.82) is 0 Å². The number of carbonyl (C=O) groups is 4. The number of benzene rings is 2. The molecule has 4 heterocycles. The molecule has 5 unspecified atom stereocenters. The first-order chi connectivity index (χ1) is 30.1. The van der Waals surface area contributed by atoms with Gasteiger partial charge in [0, 0.05) is 80.9 Å². The van der Waals surface area contributed by atoms with Crippen LogP contribution in [0.4, 0.5) is 0 Å². The first-order valence-electron chi connectivity index (χ1n) is 22.7. The number of ether oxygens (including phenoxy) is 2. The molecule has 0 saturated carbocycles. The van der Waals surface area contributed by atoms with Crippen molar-refractivity contribution >= 4 is 35.1 Å². The number of likely N-dealkylation sites (N-methyl/N-ethyl adjacent to an activating group) is 1. The summed E-state index contributed by atoms with van der Waals surface area (Å²) in [5.41, 5.74) is 10.8. The van der Waals surface area contributed by atoms with Gasteiger partial charge in [-0.05, 0) is 106 Å². The standard InChI is InChI=1S/C50H69N7O6/c1-11-56-43-20-19-37(27-40(43)41(28-50(6,7)30-63-31-58)46(56)39-18-15-21-51-44(39)34(5)62-10)36-17-14-16-35(25-36)26-42(49(61)57-23-13-12-22-52-57)53-47(59)45(32(2)3)55(9)48(60)38-24-33(4)54(8)29-38/h14-21,25,27,31-34,38,42,45,52H,11-13,22-24,26,28-30H2,1-10H3,(H,53,59). The van der Waals surface area contributed by atoms with E-state index in [-0.39, 0.29) is 54.1 Å². The quantitative estimate of drug-likeness (QED) is 0.103. The molecule has 340 valence electrons. The summed E-state index contributed by atoms with van der Waals surface area (Å²) in [4.78, 5) is 62.4. The van der Waals surface area contributed by atoms with Gasteiger partial charge in [-0.15, -0.1) is 0 Å². The van der Waals surface area contributed by atoms with Crippen LogP contribution in [0.3, 0.4) is 0 Å². The van der Waals surface area contributed by atoms with Crippen LogP contribution in [0.25, 0.3) is 33.3 Å². The number of hydrazine groups is 1. The highest BCUT2D eigenvalue weighted by molar-refractivity contribution is 5.96. The van der Waals surface area contributed by atoms with Gasteiger partial charge >= 0.3 is 0 Å². The highest BCUT2D eigenvalue weighted by Gasteiger charge is 2.39. The fourth-order valence-corrected chi connectivity index (χ4v) is 9.62. The van der Waals surface area contributed by atoms with Crippen molar-refractivity contribution in [2.75, 3.05) is 47.4 Å². The summed E-state index contributed by atoms with van der Waals surface area (Å²) in [6, 6.07) is 17.4. The Labute approximate surface area is 373 Å². The summed E-state index contributed by atoms with van der Waals surface area (Å²) < 4.78 is 13.5.